The Kier molecular flexibility index (Phi) is 51.9. The minimum Gasteiger partial charge on any atom is -0.308 e. The first-order valence-corrected chi connectivity index (χ1v) is 64.7. The van der Waals surface area contributed by atoms with Crippen LogP contribution in [0.2, 0.25) is 0 Å². The van der Waals surface area contributed by atoms with Crippen LogP contribution in [0.4, 0.5) is 20.2 Å². The van der Waals surface area contributed by atoms with Gasteiger partial charge in [0.2, 0.25) is 0 Å². The molecule has 786 valence electrons. The van der Waals surface area contributed by atoms with Gasteiger partial charge in [-0.3, -0.25) is 9.59 Å². The molecule has 6 nitrogen and oxygen atoms in total. The van der Waals surface area contributed by atoms with E-state index in [-0.39, 0.29) is 22.9 Å². The summed E-state index contributed by atoms with van der Waals surface area (Å²) in [5.74, 6) is 0.555. The van der Waals surface area contributed by atoms with Gasteiger partial charge in [-0.25, -0.2) is 8.78 Å². The van der Waals surface area contributed by atoms with Gasteiger partial charge in [-0.05, 0) is 170 Å². The first-order chi connectivity index (χ1) is 70.1. The zero-order valence-corrected chi connectivity index (χ0v) is 97.0. The summed E-state index contributed by atoms with van der Waals surface area (Å²) in [4.78, 5) is 51.5. The van der Waals surface area contributed by atoms with Crippen LogP contribution in [0.5, 0.6) is 0 Å². The molecule has 0 bridgehead atoms. The van der Waals surface area contributed by atoms with Crippen molar-refractivity contribution in [2.45, 2.75) is 494 Å². The number of benzene rings is 3. The molecule has 12 rings (SSSR count). The average molecular weight is 2080 g/mol. The van der Waals surface area contributed by atoms with Gasteiger partial charge in [0.1, 0.15) is 11.0 Å². The van der Waals surface area contributed by atoms with Crippen LogP contribution >= 0.6 is 79.7 Å². The molecular weight excluding hydrogens is 1890 g/mol. The highest BCUT2D eigenvalue weighted by atomic mass is 32.1. The van der Waals surface area contributed by atoms with Gasteiger partial charge in [0.25, 0.3) is 11.8 Å². The molecule has 0 saturated carbocycles. The lowest BCUT2D eigenvalue weighted by Gasteiger charge is -2.18. The van der Waals surface area contributed by atoms with Gasteiger partial charge in [-0.1, -0.05) is 466 Å². The number of rotatable bonds is 77. The highest BCUT2D eigenvalue weighted by Crippen LogP contribution is 2.55. The van der Waals surface area contributed by atoms with Crippen molar-refractivity contribution in [3.63, 3.8) is 0 Å². The fourth-order valence-corrected chi connectivity index (χ4v) is 30.6. The van der Waals surface area contributed by atoms with Crippen molar-refractivity contribution in [2.75, 3.05) is 22.9 Å². The Bertz CT molecular complexity index is 5400. The first-order valence-electron chi connectivity index (χ1n) is 59.1. The van der Waals surface area contributed by atoms with Gasteiger partial charge in [-0.2, -0.15) is 8.75 Å². The number of unbranched alkanes of at least 4 members (excludes halogenated alkanes) is 42. The molecule has 0 spiro atoms. The fraction of sp³-hybridized carbons (Fsp3) is 0.641. The Morgan fingerprint density at radius 3 is 0.888 bits per heavy atom. The number of fused-ring (bicyclic) bond motifs is 3. The number of nitrogens with zero attached hydrogens (tertiary/aromatic N) is 4. The Morgan fingerprint density at radius 2 is 0.545 bits per heavy atom. The van der Waals surface area contributed by atoms with Gasteiger partial charge >= 0.3 is 0 Å². The summed E-state index contributed by atoms with van der Waals surface area (Å²) in [7, 11) is 0. The lowest BCUT2D eigenvalue weighted by Crippen LogP contribution is -2.30. The molecule has 9 heterocycles. The summed E-state index contributed by atoms with van der Waals surface area (Å²) in [6, 6.07) is 32.4. The Balaban J connectivity index is 0.990. The van der Waals surface area contributed by atoms with E-state index >= 15 is 18.4 Å². The van der Waals surface area contributed by atoms with E-state index in [2.05, 4.69) is 164 Å². The molecule has 4 atom stereocenters. The summed E-state index contributed by atoms with van der Waals surface area (Å²) >= 11 is 12.0. The van der Waals surface area contributed by atoms with Crippen LogP contribution in [0, 0.1) is 49.2 Å². The maximum Gasteiger partial charge on any atom is 0.259 e. The zero-order valence-electron chi connectivity index (χ0n) is 91.3. The van der Waals surface area contributed by atoms with E-state index in [1.165, 1.54) is 426 Å². The molecule has 0 radical (unpaired) electrons. The predicted octanol–water partition coefficient (Wildman–Crippen LogP) is 44.5. The quantitative estimate of drug-likeness (QED) is 0.0281. The van der Waals surface area contributed by atoms with Crippen LogP contribution in [-0.2, 0) is 35.3 Å². The monoisotopic (exact) mass is 2070 g/mol. The van der Waals surface area contributed by atoms with Gasteiger partial charge in [-0.15, -0.1) is 68.0 Å². The Labute approximate surface area is 896 Å². The van der Waals surface area contributed by atoms with E-state index in [0.29, 0.717) is 62.8 Å². The normalized spacial score (nSPS) is 14.2. The lowest BCUT2D eigenvalue weighted by atomic mass is 9.88. The largest absolute Gasteiger partial charge is 0.308 e. The second-order valence-electron chi connectivity index (χ2n) is 43.6. The van der Waals surface area contributed by atoms with E-state index in [9.17, 15) is 0 Å². The third-order valence-corrected chi connectivity index (χ3v) is 39.5. The third-order valence-electron chi connectivity index (χ3n) is 31.6. The van der Waals surface area contributed by atoms with Gasteiger partial charge in [0, 0.05) is 82.7 Å². The SMILES string of the molecule is CCCCCCCCC(CCCCCC)Cc1cc(-c2sc(-c3ccc4c(c3)N(CCCCCCCC)C(=O)/C4=C3/C(=O)N(CCCCCCCC)c4cc(-c5cc(CC(CCCCCC)CCCCCCCC)c(-c6cc(CC(CCCCCC)CCCCCCCC)c(-c7ccc(-c8c(F)c(F)c(-c9ccc(C)s9)c9nsnc89)s7)s6)s5)ccc43)cc2CC(CCCCCC)CCCCCCCC)sc1C. The van der Waals surface area contributed by atoms with Crippen molar-refractivity contribution < 1.29 is 18.4 Å². The van der Waals surface area contributed by atoms with Crippen molar-refractivity contribution in [2.24, 2.45) is 23.7 Å². The smallest absolute Gasteiger partial charge is 0.259 e. The molecule has 2 amide bonds. The van der Waals surface area contributed by atoms with Crippen molar-refractivity contribution in [1.29, 1.82) is 0 Å². The van der Waals surface area contributed by atoms with Crippen molar-refractivity contribution in [1.82, 2.24) is 8.75 Å². The number of aromatic nitrogens is 2. The van der Waals surface area contributed by atoms with Crippen LogP contribution in [0.3, 0.4) is 0 Å². The molecule has 7 aromatic heterocycles. The van der Waals surface area contributed by atoms with Crippen LogP contribution in [-0.4, -0.2) is 33.7 Å². The lowest BCUT2D eigenvalue weighted by molar-refractivity contribution is -0.114. The number of amides is 2. The van der Waals surface area contributed by atoms with E-state index in [1.807, 2.05) is 59.1 Å². The van der Waals surface area contributed by atoms with Gasteiger partial charge in [0.15, 0.2) is 11.6 Å². The number of hydrogen-bond donors (Lipinski definition) is 0. The zero-order chi connectivity index (χ0) is 101. The molecule has 2 aliphatic rings. The summed E-state index contributed by atoms with van der Waals surface area (Å²) in [5.41, 5.74) is 14.1. The number of halogens is 2. The Hall–Kier alpha value is -5.78. The second kappa shape index (κ2) is 64.0. The fourth-order valence-electron chi connectivity index (χ4n) is 23.1. The van der Waals surface area contributed by atoms with Crippen molar-refractivity contribution in [3.8, 4) is 71.0 Å². The molecule has 10 aromatic rings. The van der Waals surface area contributed by atoms with Crippen LogP contribution in [0.1, 0.15) is 498 Å². The maximum absolute atomic E-state index is 17.4. The summed E-state index contributed by atoms with van der Waals surface area (Å²) in [5, 5.41) is 0. The number of carbonyl (C=O) groups excluding carboxylic acids is 2. The maximum atomic E-state index is 17.4. The third kappa shape index (κ3) is 34.1. The van der Waals surface area contributed by atoms with E-state index in [1.54, 1.807) is 16.9 Å². The van der Waals surface area contributed by atoms with E-state index in [0.717, 1.165) is 113 Å². The van der Waals surface area contributed by atoms with E-state index in [4.69, 9.17) is 8.75 Å². The van der Waals surface area contributed by atoms with Crippen LogP contribution in [0.25, 0.3) is 93.2 Å². The number of carbonyl (C=O) groups is 2. The number of thiophene rings is 6. The number of hydrogen-bond acceptors (Lipinski definition) is 11. The standard InChI is InChI=1S/C128H186F2N4O2S7/c1-13-23-33-43-49-59-69-95(65-55-39-29-19-7)83-101-89-114(138-94(101)12)125-102(84-96(66-56-40-30-20-8)70-60-50-44-34-24-14-2)90-112(140-125)99-74-76-105-107(87-99)133(81-63-53-47-37-27-17-5)127(135)116(105)117-106-77-75-100(88-108(106)134(128(117)136)82-64-54-48-38-28-18-6)113-91-103(85-97(67-57-41-31-21-9)71-61-51-45-35-25-15-3)126(141-113)115-92-104(86-98(68-58-42-32-22-10)72-62-52-46-36-26-16-4)124(142-115)111-80-79-110(139-111)119-121(130)120(129)118(109-78-73-93(11)137-109)122-123(119)132-143-131-122/h73-80,87-92,95-98H,13-72,81-86H2,1-12H3/b117-116+. The molecule has 15 heteroatoms. The molecule has 0 aliphatic carbocycles. The molecule has 4 unspecified atom stereocenters. The van der Waals surface area contributed by atoms with Crippen LogP contribution in [0.15, 0.2) is 84.9 Å². The minimum absolute atomic E-state index is 0.0366. The minimum atomic E-state index is -0.867. The first kappa shape index (κ1) is 116. The van der Waals surface area contributed by atoms with Crippen LogP contribution < -0.4 is 9.80 Å². The molecular formula is C128H186F2N4O2S7. The summed E-state index contributed by atoms with van der Waals surface area (Å²) < 4.78 is 43.9. The van der Waals surface area contributed by atoms with Gasteiger partial charge < -0.3 is 9.80 Å². The van der Waals surface area contributed by atoms with Crippen molar-refractivity contribution >= 4 is 125 Å². The molecule has 0 fully saturated rings. The number of aryl methyl sites for hydroxylation is 2. The highest BCUT2D eigenvalue weighted by Gasteiger charge is 2.43. The Morgan fingerprint density at radius 1 is 0.273 bits per heavy atom. The van der Waals surface area contributed by atoms with E-state index < -0.39 is 11.6 Å². The molecule has 3 aromatic carbocycles. The average Bonchev–Trinajstić information content (AvgIpc) is 1.57. The van der Waals surface area contributed by atoms with Crippen molar-refractivity contribution in [3.05, 3.63) is 140 Å². The van der Waals surface area contributed by atoms with Gasteiger partial charge in [0.05, 0.1) is 45.4 Å². The second-order valence-corrected chi connectivity index (χ2v) is 50.9. The highest BCUT2D eigenvalue weighted by molar-refractivity contribution is 7.28. The molecule has 143 heavy (non-hydrogen) atoms. The molecule has 2 aliphatic heterocycles. The number of anilines is 2. The molecule has 0 saturated heterocycles. The predicted molar refractivity (Wildman–Crippen MR) is 633 cm³/mol. The topological polar surface area (TPSA) is 66.4 Å². The summed E-state index contributed by atoms with van der Waals surface area (Å²) in [6.45, 7) is 28.9. The molecule has 0 N–H and O–H groups in total. The summed E-state index contributed by atoms with van der Waals surface area (Å²) in [6.07, 6.45) is 79.3.